The first-order chi connectivity index (χ1) is 8.95. The van der Waals surface area contributed by atoms with E-state index >= 15 is 0 Å². The molecule has 100 valence electrons. The van der Waals surface area contributed by atoms with Gasteiger partial charge in [0.25, 0.3) is 5.91 Å². The Hall–Kier alpha value is -1.40. The summed E-state index contributed by atoms with van der Waals surface area (Å²) in [7, 11) is 1.75. The fraction of sp³-hybridized carbons (Fsp3) is 0.231. The third kappa shape index (κ3) is 2.50. The van der Waals surface area contributed by atoms with E-state index in [0.717, 1.165) is 4.47 Å². The molecule has 2 rings (SSSR count). The molecule has 1 aliphatic rings. The van der Waals surface area contributed by atoms with Crippen molar-refractivity contribution in [2.24, 2.45) is 0 Å². The largest absolute Gasteiger partial charge is 0.507 e. The number of hydrogen-bond donors (Lipinski definition) is 1. The lowest BCUT2D eigenvalue weighted by atomic mass is 10.1. The summed E-state index contributed by atoms with van der Waals surface area (Å²) in [5.41, 5.74) is 1.03. The van der Waals surface area contributed by atoms with Gasteiger partial charge in [-0.1, -0.05) is 15.9 Å². The summed E-state index contributed by atoms with van der Waals surface area (Å²) in [5, 5.41) is 10.3. The maximum absolute atomic E-state index is 12.2. The number of phenolic OH excluding ortho intramolecular Hbond substituents is 1. The van der Waals surface area contributed by atoms with Crippen LogP contribution in [0.25, 0.3) is 6.08 Å². The first kappa shape index (κ1) is 14.0. The fourth-order valence-corrected chi connectivity index (χ4v) is 2.57. The Bertz CT molecular complexity index is 586. The highest BCUT2D eigenvalue weighted by Gasteiger charge is 2.34. The van der Waals surface area contributed by atoms with E-state index in [1.165, 1.54) is 4.90 Å². The van der Waals surface area contributed by atoms with Gasteiger partial charge in [0.2, 0.25) is 0 Å². The van der Waals surface area contributed by atoms with E-state index in [-0.39, 0.29) is 11.7 Å². The van der Waals surface area contributed by atoms with Gasteiger partial charge in [0.15, 0.2) is 5.11 Å². The number of phenols is 1. The van der Waals surface area contributed by atoms with Crippen LogP contribution >= 0.6 is 28.1 Å². The molecule has 0 atom stereocenters. The van der Waals surface area contributed by atoms with Crippen molar-refractivity contribution in [2.45, 2.75) is 6.92 Å². The Balaban J connectivity index is 2.46. The summed E-state index contributed by atoms with van der Waals surface area (Å²) in [4.78, 5) is 15.4. The number of benzene rings is 1. The number of nitrogens with zero attached hydrogens (tertiary/aromatic N) is 2. The minimum Gasteiger partial charge on any atom is -0.507 e. The van der Waals surface area contributed by atoms with Crippen LogP contribution in [-0.4, -0.2) is 39.5 Å². The van der Waals surface area contributed by atoms with Crippen LogP contribution in [0.1, 0.15) is 12.5 Å². The average molecular weight is 341 g/mol. The summed E-state index contributed by atoms with van der Waals surface area (Å²) >= 11 is 8.55. The van der Waals surface area contributed by atoms with Crippen LogP contribution in [-0.2, 0) is 4.79 Å². The Labute approximate surface area is 125 Å². The Kier molecular flexibility index (Phi) is 3.91. The maximum Gasteiger partial charge on any atom is 0.276 e. The molecule has 1 aromatic carbocycles. The minimum absolute atomic E-state index is 0.123. The van der Waals surface area contributed by atoms with Crippen molar-refractivity contribution in [2.75, 3.05) is 13.6 Å². The van der Waals surface area contributed by atoms with Crippen molar-refractivity contribution in [3.05, 3.63) is 33.9 Å². The molecule has 1 N–H and O–H groups in total. The number of rotatable bonds is 2. The lowest BCUT2D eigenvalue weighted by molar-refractivity contribution is -0.122. The van der Waals surface area contributed by atoms with E-state index < -0.39 is 0 Å². The topological polar surface area (TPSA) is 43.8 Å². The number of likely N-dealkylation sites (N-methyl/N-ethyl adjacent to an activating group) is 2. The lowest BCUT2D eigenvalue weighted by Gasteiger charge is -2.13. The first-order valence-corrected chi connectivity index (χ1v) is 6.95. The molecule has 1 aromatic rings. The molecule has 19 heavy (non-hydrogen) atoms. The first-order valence-electron chi connectivity index (χ1n) is 5.75. The van der Waals surface area contributed by atoms with E-state index in [9.17, 15) is 9.90 Å². The number of amides is 1. The molecule has 0 spiro atoms. The van der Waals surface area contributed by atoms with Gasteiger partial charge in [-0.15, -0.1) is 0 Å². The van der Waals surface area contributed by atoms with Crippen LogP contribution in [0, 0.1) is 0 Å². The van der Waals surface area contributed by atoms with Gasteiger partial charge in [0.1, 0.15) is 11.4 Å². The molecule has 1 amide bonds. The molecule has 0 saturated carbocycles. The van der Waals surface area contributed by atoms with Gasteiger partial charge >= 0.3 is 0 Å². The van der Waals surface area contributed by atoms with Crippen LogP contribution in [0.5, 0.6) is 5.75 Å². The summed E-state index contributed by atoms with van der Waals surface area (Å²) in [6, 6.07) is 5.06. The third-order valence-corrected chi connectivity index (χ3v) is 3.93. The maximum atomic E-state index is 12.2. The van der Waals surface area contributed by atoms with Crippen LogP contribution in [0.3, 0.4) is 0 Å². The summed E-state index contributed by atoms with van der Waals surface area (Å²) in [6.45, 7) is 2.40. The minimum atomic E-state index is -0.144. The van der Waals surface area contributed by atoms with Crippen molar-refractivity contribution in [1.82, 2.24) is 9.80 Å². The van der Waals surface area contributed by atoms with E-state index in [1.54, 1.807) is 36.2 Å². The van der Waals surface area contributed by atoms with E-state index in [1.807, 2.05) is 6.92 Å². The van der Waals surface area contributed by atoms with Gasteiger partial charge in [-0.05, 0) is 43.4 Å². The van der Waals surface area contributed by atoms with Crippen LogP contribution in [0.2, 0.25) is 0 Å². The van der Waals surface area contributed by atoms with E-state index in [0.29, 0.717) is 22.9 Å². The highest BCUT2D eigenvalue weighted by atomic mass is 79.9. The smallest absolute Gasteiger partial charge is 0.276 e. The molecular weight excluding hydrogens is 328 g/mol. The highest BCUT2D eigenvalue weighted by Crippen LogP contribution is 2.27. The van der Waals surface area contributed by atoms with Gasteiger partial charge in [0, 0.05) is 23.6 Å². The fourth-order valence-electron chi connectivity index (χ4n) is 1.88. The highest BCUT2D eigenvalue weighted by molar-refractivity contribution is 9.10. The summed E-state index contributed by atoms with van der Waals surface area (Å²) in [6.07, 6.45) is 1.64. The zero-order valence-corrected chi connectivity index (χ0v) is 13.0. The third-order valence-electron chi connectivity index (χ3n) is 2.94. The zero-order valence-electron chi connectivity index (χ0n) is 10.6. The van der Waals surface area contributed by atoms with Crippen LogP contribution in [0.15, 0.2) is 28.4 Å². The molecular formula is C13H13BrN2O2S. The second-order valence-electron chi connectivity index (χ2n) is 4.12. The standard InChI is InChI=1S/C13H13BrN2O2S/c1-3-16-12(18)10(15(2)13(16)19)7-8-6-9(14)4-5-11(8)17/h4-7,17H,3H2,1-2H3. The molecule has 1 fully saturated rings. The monoisotopic (exact) mass is 340 g/mol. The van der Waals surface area contributed by atoms with Gasteiger partial charge < -0.3 is 10.0 Å². The number of aromatic hydroxyl groups is 1. The molecule has 0 aromatic heterocycles. The van der Waals surface area contributed by atoms with Crippen molar-refractivity contribution in [3.8, 4) is 5.75 Å². The van der Waals surface area contributed by atoms with Crippen molar-refractivity contribution < 1.29 is 9.90 Å². The quantitative estimate of drug-likeness (QED) is 0.663. The summed E-state index contributed by atoms with van der Waals surface area (Å²) < 4.78 is 0.833. The molecule has 6 heteroatoms. The van der Waals surface area contributed by atoms with Crippen LogP contribution in [0.4, 0.5) is 0 Å². The van der Waals surface area contributed by atoms with Gasteiger partial charge in [-0.3, -0.25) is 9.69 Å². The summed E-state index contributed by atoms with van der Waals surface area (Å²) in [5.74, 6) is -0.0212. The number of hydrogen-bond acceptors (Lipinski definition) is 3. The SMILES string of the molecule is CCN1C(=O)C(=Cc2cc(Br)ccc2O)N(C)C1=S. The number of carbonyl (C=O) groups is 1. The van der Waals surface area contributed by atoms with Gasteiger partial charge in [-0.25, -0.2) is 0 Å². The lowest BCUT2D eigenvalue weighted by Crippen LogP contribution is -2.30. The predicted molar refractivity (Wildman–Crippen MR) is 81.5 cm³/mol. The normalized spacial score (nSPS) is 17.7. The molecule has 0 unspecified atom stereocenters. The second-order valence-corrected chi connectivity index (χ2v) is 5.40. The molecule has 1 saturated heterocycles. The van der Waals surface area contributed by atoms with E-state index in [4.69, 9.17) is 12.2 Å². The van der Waals surface area contributed by atoms with Gasteiger partial charge in [-0.2, -0.15) is 0 Å². The molecule has 0 radical (unpaired) electrons. The Morgan fingerprint density at radius 1 is 1.47 bits per heavy atom. The number of thiocarbonyl (C=S) groups is 1. The number of carbonyl (C=O) groups excluding carboxylic acids is 1. The van der Waals surface area contributed by atoms with Crippen molar-refractivity contribution in [3.63, 3.8) is 0 Å². The number of halogens is 1. The molecule has 0 bridgehead atoms. The Morgan fingerprint density at radius 3 is 2.74 bits per heavy atom. The second kappa shape index (κ2) is 5.30. The van der Waals surface area contributed by atoms with Crippen molar-refractivity contribution >= 4 is 45.2 Å². The molecule has 4 nitrogen and oxygen atoms in total. The molecule has 1 aliphatic heterocycles. The average Bonchev–Trinajstić information content (AvgIpc) is 2.57. The zero-order chi connectivity index (χ0) is 14.2. The Morgan fingerprint density at radius 2 is 2.16 bits per heavy atom. The van der Waals surface area contributed by atoms with E-state index in [2.05, 4.69) is 15.9 Å². The molecule has 1 heterocycles. The van der Waals surface area contributed by atoms with Crippen LogP contribution < -0.4 is 0 Å². The predicted octanol–water partition coefficient (Wildman–Crippen LogP) is 2.57. The van der Waals surface area contributed by atoms with Crippen molar-refractivity contribution in [1.29, 1.82) is 0 Å². The van der Waals surface area contributed by atoms with Gasteiger partial charge in [0.05, 0.1) is 0 Å². The molecule has 0 aliphatic carbocycles.